The molecule has 5 unspecified atom stereocenters. The van der Waals surface area contributed by atoms with E-state index >= 15 is 0 Å². The highest BCUT2D eigenvalue weighted by atomic mass is 31.2. The van der Waals surface area contributed by atoms with Crippen molar-refractivity contribution in [1.82, 2.24) is 0 Å². The predicted octanol–water partition coefficient (Wildman–Crippen LogP) is 10.4. The minimum atomic E-state index is -4.73. The molecule has 12 nitrogen and oxygen atoms in total. The number of hydrogen-bond acceptors (Lipinski definition) is 10. The number of carboxylic acids is 1. The molecule has 0 spiro atoms. The normalized spacial score (nSPS) is 17.8. The molecule has 1 rings (SSSR count). The number of ether oxygens (including phenoxy) is 3. The smallest absolute Gasteiger partial charge is 0.472 e. The number of phosphoric acid groups is 1. The number of esters is 2. The molecule has 1 fully saturated rings. The fourth-order valence-electron chi connectivity index (χ4n) is 5.97. The van der Waals surface area contributed by atoms with Crippen LogP contribution in [0.15, 0.2) is 48.6 Å². The molecule has 328 valence electrons. The minimum Gasteiger partial charge on any atom is -0.480 e. The molecule has 0 aromatic rings. The van der Waals surface area contributed by atoms with E-state index in [-0.39, 0.29) is 19.4 Å². The average Bonchev–Trinajstić information content (AvgIpc) is 3.94. The van der Waals surface area contributed by atoms with Gasteiger partial charge in [0.25, 0.3) is 0 Å². The summed E-state index contributed by atoms with van der Waals surface area (Å²) in [5, 5.41) is 8.89. The molecular weight excluding hydrogens is 749 g/mol. The Morgan fingerprint density at radius 2 is 1.14 bits per heavy atom. The second kappa shape index (κ2) is 35.4. The van der Waals surface area contributed by atoms with Gasteiger partial charge in [0.15, 0.2) is 6.10 Å². The zero-order chi connectivity index (χ0) is 41.8. The van der Waals surface area contributed by atoms with Crippen LogP contribution >= 0.6 is 7.82 Å². The van der Waals surface area contributed by atoms with Gasteiger partial charge in [-0.15, -0.1) is 0 Å². The van der Waals surface area contributed by atoms with Crippen molar-refractivity contribution in [1.29, 1.82) is 0 Å². The number of carbonyl (C=O) groups excluding carboxylic acids is 2. The summed E-state index contributed by atoms with van der Waals surface area (Å²) in [7, 11) is -4.73. The summed E-state index contributed by atoms with van der Waals surface area (Å²) >= 11 is 0. The van der Waals surface area contributed by atoms with Gasteiger partial charge in [-0.3, -0.25) is 23.4 Å². The van der Waals surface area contributed by atoms with E-state index < -0.39 is 51.1 Å². The highest BCUT2D eigenvalue weighted by Gasteiger charge is 2.36. The summed E-state index contributed by atoms with van der Waals surface area (Å²) in [6.07, 6.45) is 40.8. The Morgan fingerprint density at radius 1 is 0.649 bits per heavy atom. The first-order valence-electron chi connectivity index (χ1n) is 21.8. The van der Waals surface area contributed by atoms with Crippen molar-refractivity contribution in [2.45, 2.75) is 192 Å². The number of allylic oxidation sites excluding steroid dienone is 6. The van der Waals surface area contributed by atoms with E-state index in [4.69, 9.17) is 29.6 Å². The molecule has 0 aromatic heterocycles. The molecule has 0 amide bonds. The van der Waals surface area contributed by atoms with Crippen LogP contribution in [0, 0.1) is 0 Å². The van der Waals surface area contributed by atoms with Crippen molar-refractivity contribution in [3.05, 3.63) is 48.6 Å². The van der Waals surface area contributed by atoms with Crippen LogP contribution in [0.25, 0.3) is 0 Å². The highest BCUT2D eigenvalue weighted by molar-refractivity contribution is 7.47. The average molecular weight is 826 g/mol. The van der Waals surface area contributed by atoms with E-state index in [0.29, 0.717) is 31.5 Å². The Morgan fingerprint density at radius 3 is 1.70 bits per heavy atom. The highest BCUT2D eigenvalue weighted by Crippen LogP contribution is 2.43. The van der Waals surface area contributed by atoms with Gasteiger partial charge in [-0.1, -0.05) is 152 Å². The first-order chi connectivity index (χ1) is 27.6. The third kappa shape index (κ3) is 33.0. The third-order valence-electron chi connectivity index (χ3n) is 9.49. The molecule has 13 heteroatoms. The van der Waals surface area contributed by atoms with Gasteiger partial charge in [0.1, 0.15) is 12.6 Å². The van der Waals surface area contributed by atoms with Crippen LogP contribution in [0.4, 0.5) is 0 Å². The standard InChI is InChI=1S/C44H76NO11P/c1-3-5-7-8-9-10-11-12-13-14-15-19-22-25-29-33-42(46)52-35-38(36-53-57(50,51)54-37-39(45)44(48)49)55-43(47)34-30-26-23-20-17-16-18-21-24-28-32-41-40(56-41)31-27-6-4-2/h6,16,18,20,23-24,27-28,38-41H,3-5,7-15,17,19,21-22,25-26,29-37,45H2,1-2H3,(H,48,49)(H,50,51)/b18-16-,23-20-,27-6-,28-24-. The lowest BCUT2D eigenvalue weighted by Crippen LogP contribution is -2.34. The number of phosphoric ester groups is 1. The SMILES string of the molecule is CC/C=C\CC1OC1C/C=C\C/C=C\C/C=C\CCCC(=O)OC(COC(=O)CCCCCCCCCCCCCCCCC)COP(=O)(O)OCC(N)C(=O)O. The second-order valence-corrected chi connectivity index (χ2v) is 16.3. The summed E-state index contributed by atoms with van der Waals surface area (Å²) in [6.45, 7) is 2.62. The van der Waals surface area contributed by atoms with Crippen molar-refractivity contribution in [2.75, 3.05) is 19.8 Å². The first kappa shape index (κ1) is 52.4. The van der Waals surface area contributed by atoms with E-state index in [1.807, 2.05) is 12.2 Å². The maximum atomic E-state index is 12.6. The number of unbranched alkanes of at least 4 members (excludes halogenated alkanes) is 15. The number of aliphatic carboxylic acids is 1. The van der Waals surface area contributed by atoms with Gasteiger partial charge in [0.05, 0.1) is 25.4 Å². The van der Waals surface area contributed by atoms with Gasteiger partial charge in [-0.05, 0) is 51.4 Å². The molecule has 57 heavy (non-hydrogen) atoms. The lowest BCUT2D eigenvalue weighted by Gasteiger charge is -2.20. The van der Waals surface area contributed by atoms with Gasteiger partial charge in [-0.25, -0.2) is 4.57 Å². The summed E-state index contributed by atoms with van der Waals surface area (Å²) in [4.78, 5) is 45.9. The summed E-state index contributed by atoms with van der Waals surface area (Å²) in [5.74, 6) is -2.46. The molecule has 1 aliphatic rings. The number of carbonyl (C=O) groups is 3. The Kier molecular flexibility index (Phi) is 32.5. The topological polar surface area (TPSA) is 184 Å². The zero-order valence-electron chi connectivity index (χ0n) is 35.1. The van der Waals surface area contributed by atoms with E-state index in [1.54, 1.807) is 0 Å². The fourth-order valence-corrected chi connectivity index (χ4v) is 6.74. The lowest BCUT2D eigenvalue weighted by molar-refractivity contribution is -0.161. The maximum Gasteiger partial charge on any atom is 0.472 e. The van der Waals surface area contributed by atoms with Crippen molar-refractivity contribution in [3.63, 3.8) is 0 Å². The van der Waals surface area contributed by atoms with Crippen molar-refractivity contribution < 1.29 is 52.2 Å². The Bertz CT molecular complexity index is 1220. The second-order valence-electron chi connectivity index (χ2n) is 14.8. The molecule has 5 atom stereocenters. The molecule has 1 aliphatic heterocycles. The molecule has 0 bridgehead atoms. The van der Waals surface area contributed by atoms with E-state index in [2.05, 4.69) is 54.8 Å². The van der Waals surface area contributed by atoms with Gasteiger partial charge >= 0.3 is 25.7 Å². The largest absolute Gasteiger partial charge is 0.480 e. The summed E-state index contributed by atoms with van der Waals surface area (Å²) in [5.41, 5.74) is 5.33. The Balaban J connectivity index is 2.32. The van der Waals surface area contributed by atoms with Gasteiger partial charge in [-0.2, -0.15) is 0 Å². The first-order valence-corrected chi connectivity index (χ1v) is 23.3. The quantitative estimate of drug-likeness (QED) is 0.0175. The van der Waals surface area contributed by atoms with Crippen LogP contribution in [0.5, 0.6) is 0 Å². The van der Waals surface area contributed by atoms with Crippen molar-refractivity contribution in [3.8, 4) is 0 Å². The molecule has 0 aromatic carbocycles. The van der Waals surface area contributed by atoms with Gasteiger partial charge in [0.2, 0.25) is 0 Å². The van der Waals surface area contributed by atoms with E-state index in [9.17, 15) is 23.8 Å². The van der Waals surface area contributed by atoms with Crippen LogP contribution in [-0.2, 0) is 42.2 Å². The van der Waals surface area contributed by atoms with Gasteiger partial charge in [0, 0.05) is 12.8 Å². The molecule has 4 N–H and O–H groups in total. The van der Waals surface area contributed by atoms with Crippen LogP contribution in [0.2, 0.25) is 0 Å². The Labute approximate surface area is 343 Å². The third-order valence-corrected chi connectivity index (χ3v) is 10.4. The zero-order valence-corrected chi connectivity index (χ0v) is 36.0. The molecule has 0 saturated carbocycles. The number of carboxylic acid groups (broad SMARTS) is 1. The predicted molar refractivity (Wildman–Crippen MR) is 226 cm³/mol. The summed E-state index contributed by atoms with van der Waals surface area (Å²) in [6, 6.07) is -1.53. The van der Waals surface area contributed by atoms with Crippen LogP contribution in [0.3, 0.4) is 0 Å². The minimum absolute atomic E-state index is 0.0791. The number of nitrogens with two attached hydrogens (primary N) is 1. The van der Waals surface area contributed by atoms with Crippen LogP contribution in [0.1, 0.15) is 168 Å². The van der Waals surface area contributed by atoms with E-state index in [1.165, 1.54) is 70.6 Å². The molecular formula is C44H76NO11P. The van der Waals surface area contributed by atoms with Crippen molar-refractivity contribution >= 4 is 25.7 Å². The van der Waals surface area contributed by atoms with Crippen LogP contribution in [-0.4, -0.2) is 72.1 Å². The number of rotatable bonds is 39. The van der Waals surface area contributed by atoms with Crippen LogP contribution < -0.4 is 5.73 Å². The van der Waals surface area contributed by atoms with E-state index in [0.717, 1.165) is 51.4 Å². The lowest BCUT2D eigenvalue weighted by atomic mass is 10.0. The van der Waals surface area contributed by atoms with Crippen molar-refractivity contribution in [2.24, 2.45) is 5.73 Å². The Hall–Kier alpha value is -2.60. The van der Waals surface area contributed by atoms with Gasteiger partial charge < -0.3 is 29.9 Å². The molecule has 1 heterocycles. The number of hydrogen-bond donors (Lipinski definition) is 3. The maximum absolute atomic E-state index is 12.6. The molecule has 0 aliphatic carbocycles. The molecule has 0 radical (unpaired) electrons. The molecule has 1 saturated heterocycles. The fraction of sp³-hybridized carbons (Fsp3) is 0.750. The summed E-state index contributed by atoms with van der Waals surface area (Å²) < 4.78 is 38.3. The monoisotopic (exact) mass is 826 g/mol. The number of epoxide rings is 1.